The first-order valence-electron chi connectivity index (χ1n) is 6.63. The summed E-state index contributed by atoms with van der Waals surface area (Å²) in [6.07, 6.45) is 7.93. The summed E-state index contributed by atoms with van der Waals surface area (Å²) in [4.78, 5) is 8.52. The molecule has 98 valence electrons. The van der Waals surface area contributed by atoms with Gasteiger partial charge in [-0.2, -0.15) is 4.68 Å². The highest BCUT2D eigenvalue weighted by molar-refractivity contribution is 6.75. The Bertz CT molecular complexity index is 911. The van der Waals surface area contributed by atoms with Crippen molar-refractivity contribution < 1.29 is 9.10 Å². The Kier molecular flexibility index (Phi) is 2.27. The highest BCUT2D eigenvalue weighted by Crippen LogP contribution is 2.07. The van der Waals surface area contributed by atoms with E-state index in [2.05, 4.69) is 33.7 Å². The van der Waals surface area contributed by atoms with Gasteiger partial charge in [-0.1, -0.05) is 4.79 Å². The van der Waals surface area contributed by atoms with Crippen LogP contribution in [0, 0.1) is 0 Å². The molecule has 4 rings (SSSR count). The average molecular weight is 265 g/mol. The zero-order valence-electron chi connectivity index (χ0n) is 11.4. The van der Waals surface area contributed by atoms with E-state index in [1.54, 1.807) is 6.20 Å². The molecule has 3 aromatic rings. The molecule has 0 N–H and O–H groups in total. The molecule has 3 aromatic heterocycles. The minimum absolute atomic E-state index is 0.210. The second kappa shape index (κ2) is 4.00. The normalized spacial score (nSPS) is 14.1. The molecule has 6 heteroatoms. The van der Waals surface area contributed by atoms with E-state index in [0.29, 0.717) is 5.71 Å². The van der Waals surface area contributed by atoms with Gasteiger partial charge in [-0.3, -0.25) is 0 Å². The third kappa shape index (κ3) is 1.51. The summed E-state index contributed by atoms with van der Waals surface area (Å²) >= 11 is 0. The Morgan fingerprint density at radius 3 is 3.05 bits per heavy atom. The molecule has 0 spiro atoms. The molecule has 0 radical (unpaired) electrons. The Labute approximate surface area is 116 Å². The number of pyridine rings is 1. The van der Waals surface area contributed by atoms with Crippen LogP contribution in [-0.2, 0) is 7.05 Å². The Morgan fingerprint density at radius 2 is 2.25 bits per heavy atom. The molecular formula is C14H14BN4O+. The van der Waals surface area contributed by atoms with Gasteiger partial charge < -0.3 is 4.42 Å². The van der Waals surface area contributed by atoms with E-state index < -0.39 is 0 Å². The molecule has 4 heterocycles. The van der Waals surface area contributed by atoms with Crippen molar-refractivity contribution in [1.29, 1.82) is 0 Å². The van der Waals surface area contributed by atoms with Crippen LogP contribution in [0.4, 0.5) is 0 Å². The first-order valence-corrected chi connectivity index (χ1v) is 6.63. The minimum atomic E-state index is 0.210. The highest BCUT2D eigenvalue weighted by Gasteiger charge is 2.28. The van der Waals surface area contributed by atoms with Crippen molar-refractivity contribution >= 4 is 30.1 Å². The second-order valence-electron chi connectivity index (χ2n) is 5.04. The number of aryl methyl sites for hydroxylation is 1. The largest absolute Gasteiger partial charge is 0.439 e. The summed E-state index contributed by atoms with van der Waals surface area (Å²) in [6, 6.07) is 5.99. The van der Waals surface area contributed by atoms with Crippen LogP contribution in [-0.4, -0.2) is 16.6 Å². The SMILES string of the molecule is CB1C=c2oc3ncccc3c2=CN1n1ccc[n+]1C. The Morgan fingerprint density at radius 1 is 1.35 bits per heavy atom. The van der Waals surface area contributed by atoms with Crippen molar-refractivity contribution in [1.82, 2.24) is 9.77 Å². The van der Waals surface area contributed by atoms with E-state index in [1.165, 1.54) is 0 Å². The van der Waals surface area contributed by atoms with E-state index in [1.807, 2.05) is 42.3 Å². The first-order chi connectivity index (χ1) is 9.74. The van der Waals surface area contributed by atoms with E-state index >= 15 is 0 Å². The van der Waals surface area contributed by atoms with Gasteiger partial charge in [0, 0.05) is 12.3 Å². The molecule has 1 aliphatic heterocycles. The lowest BCUT2D eigenvalue weighted by atomic mass is 9.63. The summed E-state index contributed by atoms with van der Waals surface area (Å²) in [6.45, 7) is 2.35. The predicted octanol–water partition coefficient (Wildman–Crippen LogP) is -0.215. The van der Waals surface area contributed by atoms with Crippen LogP contribution in [0.15, 0.2) is 41.2 Å². The molecule has 0 atom stereocenters. The molecule has 0 amide bonds. The standard InChI is InChI=1S/C14H14BN4O/c1-15-9-13-12(11-5-3-6-16-14(11)20-13)10-18(15)19-8-4-7-17(19)2/h3-10H,1-2H3/q+1. The van der Waals surface area contributed by atoms with Gasteiger partial charge in [-0.25, -0.2) is 9.90 Å². The van der Waals surface area contributed by atoms with Gasteiger partial charge in [0.2, 0.25) is 5.71 Å². The summed E-state index contributed by atoms with van der Waals surface area (Å²) in [5.74, 6) is 2.12. The maximum Gasteiger partial charge on any atom is 0.428 e. The van der Waals surface area contributed by atoms with Gasteiger partial charge in [-0.05, 0) is 24.9 Å². The maximum atomic E-state index is 5.82. The fraction of sp³-hybridized carbons (Fsp3) is 0.143. The number of hydrogen-bond acceptors (Lipinski definition) is 3. The number of aromatic nitrogens is 3. The Balaban J connectivity index is 2.01. The molecule has 0 bridgehead atoms. The zero-order chi connectivity index (χ0) is 13.7. The summed E-state index contributed by atoms with van der Waals surface area (Å²) < 4.78 is 7.85. The molecule has 0 saturated heterocycles. The van der Waals surface area contributed by atoms with Gasteiger partial charge in [0.25, 0.3) is 0 Å². The number of fused-ring (bicyclic) bond motifs is 3. The quantitative estimate of drug-likeness (QED) is 0.451. The molecule has 0 aromatic carbocycles. The van der Waals surface area contributed by atoms with Crippen molar-refractivity contribution in [3.05, 3.63) is 47.4 Å². The maximum absolute atomic E-state index is 5.82. The number of furan rings is 1. The summed E-state index contributed by atoms with van der Waals surface area (Å²) in [7, 11) is 2.02. The number of rotatable bonds is 1. The monoisotopic (exact) mass is 265 g/mol. The van der Waals surface area contributed by atoms with Crippen LogP contribution in [0.5, 0.6) is 0 Å². The summed E-state index contributed by atoms with van der Waals surface area (Å²) in [5, 5.41) is 2.13. The van der Waals surface area contributed by atoms with Crippen LogP contribution in [0.25, 0.3) is 23.3 Å². The molecule has 0 aliphatic carbocycles. The molecule has 0 fully saturated rings. The van der Waals surface area contributed by atoms with Crippen molar-refractivity contribution in [2.75, 3.05) is 4.92 Å². The van der Waals surface area contributed by atoms with Crippen molar-refractivity contribution in [3.63, 3.8) is 0 Å². The minimum Gasteiger partial charge on any atom is -0.439 e. The summed E-state index contributed by atoms with van der Waals surface area (Å²) in [5.41, 5.74) is 1.59. The Hall–Kier alpha value is -2.50. The lowest BCUT2D eigenvalue weighted by molar-refractivity contribution is -0.750. The van der Waals surface area contributed by atoms with Crippen LogP contribution in [0.2, 0.25) is 6.82 Å². The van der Waals surface area contributed by atoms with Crippen LogP contribution in [0.1, 0.15) is 0 Å². The van der Waals surface area contributed by atoms with Gasteiger partial charge in [0.1, 0.15) is 24.9 Å². The number of hydrogen-bond donors (Lipinski definition) is 0. The molecule has 0 unspecified atom stereocenters. The fourth-order valence-corrected chi connectivity index (χ4v) is 2.67. The van der Waals surface area contributed by atoms with E-state index in [9.17, 15) is 0 Å². The number of nitrogens with zero attached hydrogens (tertiary/aromatic N) is 4. The van der Waals surface area contributed by atoms with Crippen molar-refractivity contribution in [2.24, 2.45) is 7.05 Å². The fourth-order valence-electron chi connectivity index (χ4n) is 2.67. The van der Waals surface area contributed by atoms with Crippen molar-refractivity contribution in [3.8, 4) is 0 Å². The van der Waals surface area contributed by atoms with E-state index in [4.69, 9.17) is 4.42 Å². The predicted molar refractivity (Wildman–Crippen MR) is 77.6 cm³/mol. The van der Waals surface area contributed by atoms with Gasteiger partial charge >= 0.3 is 6.85 Å². The van der Waals surface area contributed by atoms with E-state index in [0.717, 1.165) is 16.0 Å². The molecule has 0 saturated carbocycles. The van der Waals surface area contributed by atoms with Crippen LogP contribution in [0.3, 0.4) is 0 Å². The molecule has 5 nitrogen and oxygen atoms in total. The lowest BCUT2D eigenvalue weighted by Crippen LogP contribution is -2.56. The van der Waals surface area contributed by atoms with Gasteiger partial charge in [0.15, 0.2) is 0 Å². The average Bonchev–Trinajstić information content (AvgIpc) is 3.01. The second-order valence-corrected chi connectivity index (χ2v) is 5.04. The molecule has 20 heavy (non-hydrogen) atoms. The third-order valence-electron chi connectivity index (χ3n) is 3.69. The third-order valence-corrected chi connectivity index (χ3v) is 3.69. The molecule has 1 aliphatic rings. The van der Waals surface area contributed by atoms with Gasteiger partial charge in [0.05, 0.1) is 16.8 Å². The highest BCUT2D eigenvalue weighted by atomic mass is 16.3. The van der Waals surface area contributed by atoms with Crippen LogP contribution < -0.4 is 20.2 Å². The van der Waals surface area contributed by atoms with Crippen LogP contribution >= 0.6 is 0 Å². The lowest BCUT2D eigenvalue weighted by Gasteiger charge is -2.18. The van der Waals surface area contributed by atoms with E-state index in [-0.39, 0.29) is 6.85 Å². The van der Waals surface area contributed by atoms with Gasteiger partial charge in [-0.15, -0.1) is 0 Å². The molecular weight excluding hydrogens is 251 g/mol. The van der Waals surface area contributed by atoms with Crippen molar-refractivity contribution in [2.45, 2.75) is 6.82 Å². The zero-order valence-corrected chi connectivity index (χ0v) is 11.4. The topological polar surface area (TPSA) is 38.1 Å². The smallest absolute Gasteiger partial charge is 0.428 e. The first kappa shape index (κ1) is 11.3.